The van der Waals surface area contributed by atoms with E-state index in [1.807, 2.05) is 13.2 Å². The first-order valence-electron chi connectivity index (χ1n) is 6.01. The van der Waals surface area contributed by atoms with Gasteiger partial charge < -0.3 is 10.6 Å². The molecule has 0 unspecified atom stereocenters. The molecule has 0 aliphatic rings. The summed E-state index contributed by atoms with van der Waals surface area (Å²) in [5.74, 6) is 0. The summed E-state index contributed by atoms with van der Waals surface area (Å²) >= 11 is 3.13. The highest BCUT2D eigenvalue weighted by Gasteiger charge is 2.08. The second kappa shape index (κ2) is 6.65. The van der Waals surface area contributed by atoms with E-state index in [0.717, 1.165) is 41.6 Å². The molecule has 0 aromatic carbocycles. The fraction of sp³-hybridized carbons (Fsp3) is 0.545. The lowest BCUT2D eigenvalue weighted by molar-refractivity contribution is 0.900. The van der Waals surface area contributed by atoms with Crippen molar-refractivity contribution in [2.75, 3.05) is 24.2 Å². The Hall–Kier alpha value is -1.21. The normalized spacial score (nSPS) is 10.6. The zero-order valence-electron chi connectivity index (χ0n) is 10.6. The van der Waals surface area contributed by atoms with E-state index >= 15 is 0 Å². The standard InChI is InChI=1S/C11H17N5S2/c1-3-6-13-10-9(15-16-18-10)5-4-8-7-14-11(12-2)17-8/h7,13H,3-6H2,1-2H3,(H,12,14). The highest BCUT2D eigenvalue weighted by Crippen LogP contribution is 2.22. The Bertz CT molecular complexity index is 479. The van der Waals surface area contributed by atoms with Gasteiger partial charge in [-0.15, -0.1) is 16.4 Å². The lowest BCUT2D eigenvalue weighted by atomic mass is 10.2. The Labute approximate surface area is 115 Å². The number of nitrogens with one attached hydrogen (secondary N) is 2. The molecular formula is C11H17N5S2. The number of rotatable bonds is 7. The summed E-state index contributed by atoms with van der Waals surface area (Å²) in [6.07, 6.45) is 4.91. The molecule has 0 fully saturated rings. The Morgan fingerprint density at radius 3 is 2.94 bits per heavy atom. The summed E-state index contributed by atoms with van der Waals surface area (Å²) in [7, 11) is 1.89. The van der Waals surface area contributed by atoms with Gasteiger partial charge in [0.05, 0.1) is 5.69 Å². The molecule has 98 valence electrons. The smallest absolute Gasteiger partial charge is 0.182 e. The van der Waals surface area contributed by atoms with Crippen LogP contribution >= 0.6 is 22.9 Å². The van der Waals surface area contributed by atoms with Crippen molar-refractivity contribution in [2.24, 2.45) is 0 Å². The molecule has 0 saturated heterocycles. The molecule has 2 aromatic rings. The van der Waals surface area contributed by atoms with Crippen LogP contribution in [0.25, 0.3) is 0 Å². The third-order valence-electron chi connectivity index (χ3n) is 2.47. The van der Waals surface area contributed by atoms with Crippen molar-refractivity contribution in [3.8, 4) is 0 Å². The molecule has 2 rings (SSSR count). The Morgan fingerprint density at radius 2 is 2.22 bits per heavy atom. The average molecular weight is 283 g/mol. The number of hydrogen-bond donors (Lipinski definition) is 2. The average Bonchev–Trinajstić information content (AvgIpc) is 3.02. The lowest BCUT2D eigenvalue weighted by Crippen LogP contribution is -2.01. The van der Waals surface area contributed by atoms with Gasteiger partial charge in [0.15, 0.2) is 5.13 Å². The molecule has 2 N–H and O–H groups in total. The van der Waals surface area contributed by atoms with E-state index in [4.69, 9.17) is 0 Å². The van der Waals surface area contributed by atoms with Crippen molar-refractivity contribution in [3.05, 3.63) is 16.8 Å². The van der Waals surface area contributed by atoms with Crippen molar-refractivity contribution in [1.29, 1.82) is 0 Å². The van der Waals surface area contributed by atoms with Crippen LogP contribution in [-0.4, -0.2) is 28.2 Å². The second-order valence-electron chi connectivity index (χ2n) is 3.86. The third-order valence-corrected chi connectivity index (χ3v) is 4.27. The van der Waals surface area contributed by atoms with Crippen LogP contribution in [0, 0.1) is 0 Å². The predicted molar refractivity (Wildman–Crippen MR) is 77.8 cm³/mol. The minimum atomic E-state index is 0.911. The number of anilines is 2. The topological polar surface area (TPSA) is 62.7 Å². The predicted octanol–water partition coefficient (Wildman–Crippen LogP) is 2.64. The van der Waals surface area contributed by atoms with Crippen LogP contribution in [0.2, 0.25) is 0 Å². The van der Waals surface area contributed by atoms with Gasteiger partial charge in [-0.3, -0.25) is 0 Å². The largest absolute Gasteiger partial charge is 0.374 e. The maximum absolute atomic E-state index is 4.26. The van der Waals surface area contributed by atoms with Crippen LogP contribution in [-0.2, 0) is 12.8 Å². The summed E-state index contributed by atoms with van der Waals surface area (Å²) in [6.45, 7) is 3.12. The fourth-order valence-electron chi connectivity index (χ4n) is 1.53. The van der Waals surface area contributed by atoms with E-state index < -0.39 is 0 Å². The fourth-order valence-corrected chi connectivity index (χ4v) is 2.93. The van der Waals surface area contributed by atoms with E-state index in [0.29, 0.717) is 0 Å². The first-order chi connectivity index (χ1) is 8.83. The van der Waals surface area contributed by atoms with E-state index in [9.17, 15) is 0 Å². The van der Waals surface area contributed by atoms with Crippen molar-refractivity contribution in [1.82, 2.24) is 14.6 Å². The van der Waals surface area contributed by atoms with Gasteiger partial charge in [0.25, 0.3) is 0 Å². The highest BCUT2D eigenvalue weighted by atomic mass is 32.1. The van der Waals surface area contributed by atoms with Crippen molar-refractivity contribution in [3.63, 3.8) is 0 Å². The molecule has 0 radical (unpaired) electrons. The number of hydrogen-bond acceptors (Lipinski definition) is 7. The SMILES string of the molecule is CCCNc1snnc1CCc1cnc(NC)s1. The van der Waals surface area contributed by atoms with Crippen molar-refractivity contribution >= 4 is 33.0 Å². The van der Waals surface area contributed by atoms with Gasteiger partial charge in [-0.25, -0.2) is 4.98 Å². The molecule has 0 spiro atoms. The molecule has 0 aliphatic carbocycles. The summed E-state index contributed by atoms with van der Waals surface area (Å²) in [5.41, 5.74) is 1.06. The number of aryl methyl sites for hydroxylation is 2. The highest BCUT2D eigenvalue weighted by molar-refractivity contribution is 7.15. The third kappa shape index (κ3) is 3.39. The quantitative estimate of drug-likeness (QED) is 0.818. The van der Waals surface area contributed by atoms with E-state index in [2.05, 4.69) is 32.1 Å². The molecule has 7 heteroatoms. The second-order valence-corrected chi connectivity index (χ2v) is 5.73. The van der Waals surface area contributed by atoms with Gasteiger partial charge in [0, 0.05) is 36.2 Å². The monoisotopic (exact) mass is 283 g/mol. The van der Waals surface area contributed by atoms with Gasteiger partial charge in [0.1, 0.15) is 5.00 Å². The molecule has 0 bridgehead atoms. The zero-order chi connectivity index (χ0) is 12.8. The van der Waals surface area contributed by atoms with Crippen LogP contribution in [0.1, 0.15) is 23.9 Å². The summed E-state index contributed by atoms with van der Waals surface area (Å²) in [5, 5.41) is 12.7. The summed E-state index contributed by atoms with van der Waals surface area (Å²) in [6, 6.07) is 0. The van der Waals surface area contributed by atoms with Crippen LogP contribution in [0.3, 0.4) is 0 Å². The molecular weight excluding hydrogens is 266 g/mol. The molecule has 2 aromatic heterocycles. The number of aromatic nitrogens is 3. The van der Waals surface area contributed by atoms with Crippen LogP contribution in [0.5, 0.6) is 0 Å². The Morgan fingerprint density at radius 1 is 1.33 bits per heavy atom. The van der Waals surface area contributed by atoms with Crippen LogP contribution < -0.4 is 10.6 Å². The minimum Gasteiger partial charge on any atom is -0.374 e. The van der Waals surface area contributed by atoms with E-state index in [1.54, 1.807) is 11.3 Å². The Kier molecular flexibility index (Phi) is 4.89. The molecule has 0 atom stereocenters. The maximum Gasteiger partial charge on any atom is 0.182 e. The van der Waals surface area contributed by atoms with Gasteiger partial charge in [-0.1, -0.05) is 11.4 Å². The molecule has 0 aliphatic heterocycles. The molecule has 18 heavy (non-hydrogen) atoms. The number of thiazole rings is 1. The first-order valence-corrected chi connectivity index (χ1v) is 7.60. The van der Waals surface area contributed by atoms with Gasteiger partial charge >= 0.3 is 0 Å². The summed E-state index contributed by atoms with van der Waals surface area (Å²) in [4.78, 5) is 5.54. The molecule has 2 heterocycles. The molecule has 5 nitrogen and oxygen atoms in total. The van der Waals surface area contributed by atoms with Crippen molar-refractivity contribution in [2.45, 2.75) is 26.2 Å². The van der Waals surface area contributed by atoms with Gasteiger partial charge in [-0.2, -0.15) is 0 Å². The molecule has 0 amide bonds. The van der Waals surface area contributed by atoms with Gasteiger partial charge in [0.2, 0.25) is 0 Å². The zero-order valence-corrected chi connectivity index (χ0v) is 12.2. The number of nitrogens with zero attached hydrogens (tertiary/aromatic N) is 3. The van der Waals surface area contributed by atoms with Gasteiger partial charge in [-0.05, 0) is 19.3 Å². The van der Waals surface area contributed by atoms with E-state index in [-0.39, 0.29) is 0 Å². The van der Waals surface area contributed by atoms with Crippen LogP contribution in [0.15, 0.2) is 6.20 Å². The molecule has 0 saturated carbocycles. The summed E-state index contributed by atoms with van der Waals surface area (Å²) < 4.78 is 4.01. The van der Waals surface area contributed by atoms with E-state index in [1.165, 1.54) is 16.4 Å². The maximum atomic E-state index is 4.26. The lowest BCUT2D eigenvalue weighted by Gasteiger charge is -2.02. The first kappa shape index (κ1) is 13.2. The minimum absolute atomic E-state index is 0.911. The van der Waals surface area contributed by atoms with Crippen LogP contribution in [0.4, 0.5) is 10.1 Å². The van der Waals surface area contributed by atoms with Crippen molar-refractivity contribution < 1.29 is 0 Å². The Balaban J connectivity index is 1.91.